The number of primary amides is 1. The van der Waals surface area contributed by atoms with E-state index in [2.05, 4.69) is 37.0 Å². The van der Waals surface area contributed by atoms with E-state index >= 15 is 0 Å². The molecule has 144 valence electrons. The van der Waals surface area contributed by atoms with Crippen molar-refractivity contribution in [3.63, 3.8) is 0 Å². The number of hydrogen-bond donors (Lipinski definition) is 1. The second kappa shape index (κ2) is 8.17. The standard InChI is InChI=1S/C20H26N4O2S/c1-13-4-5-17(14(2)12-13)24-11-8-22-20(24)27-15(3)19(26)23-9-6-16(7-10-23)18(21)25/h4-5,8,11-12,15-16H,6-7,9-10H2,1-3H3,(H2,21,25). The van der Waals surface area contributed by atoms with Crippen molar-refractivity contribution in [3.8, 4) is 5.69 Å². The van der Waals surface area contributed by atoms with Crippen molar-refractivity contribution in [2.24, 2.45) is 11.7 Å². The van der Waals surface area contributed by atoms with Gasteiger partial charge in [-0.1, -0.05) is 29.5 Å². The molecule has 1 aromatic heterocycles. The molecule has 1 atom stereocenters. The van der Waals surface area contributed by atoms with E-state index in [0.29, 0.717) is 25.9 Å². The van der Waals surface area contributed by atoms with E-state index in [0.717, 1.165) is 10.8 Å². The van der Waals surface area contributed by atoms with E-state index in [-0.39, 0.29) is 23.0 Å². The fraction of sp³-hybridized carbons (Fsp3) is 0.450. The van der Waals surface area contributed by atoms with Gasteiger partial charge < -0.3 is 10.6 Å². The number of rotatable bonds is 5. The number of hydrogen-bond acceptors (Lipinski definition) is 4. The summed E-state index contributed by atoms with van der Waals surface area (Å²) < 4.78 is 2.03. The third-order valence-corrected chi connectivity index (χ3v) is 6.13. The Bertz CT molecular complexity index is 840. The smallest absolute Gasteiger partial charge is 0.235 e. The Hall–Kier alpha value is -2.28. The normalized spacial score (nSPS) is 16.3. The fourth-order valence-electron chi connectivity index (χ4n) is 3.49. The quantitative estimate of drug-likeness (QED) is 0.801. The van der Waals surface area contributed by atoms with Crippen LogP contribution < -0.4 is 5.73 Å². The molecule has 1 aliphatic heterocycles. The van der Waals surface area contributed by atoms with Gasteiger partial charge in [0, 0.05) is 31.4 Å². The highest BCUT2D eigenvalue weighted by molar-refractivity contribution is 8.00. The van der Waals surface area contributed by atoms with Crippen molar-refractivity contribution in [1.82, 2.24) is 14.5 Å². The molecule has 1 fully saturated rings. The summed E-state index contributed by atoms with van der Waals surface area (Å²) in [5.74, 6) is -0.293. The van der Waals surface area contributed by atoms with Gasteiger partial charge in [-0.25, -0.2) is 4.98 Å². The predicted molar refractivity (Wildman–Crippen MR) is 107 cm³/mol. The van der Waals surface area contributed by atoms with Gasteiger partial charge in [0.25, 0.3) is 0 Å². The minimum absolute atomic E-state index is 0.0816. The molecule has 1 saturated heterocycles. The number of carbonyl (C=O) groups excluding carboxylic acids is 2. The highest BCUT2D eigenvalue weighted by Crippen LogP contribution is 2.28. The van der Waals surface area contributed by atoms with Crippen molar-refractivity contribution in [3.05, 3.63) is 41.7 Å². The van der Waals surface area contributed by atoms with Crippen LogP contribution in [0.25, 0.3) is 5.69 Å². The molecule has 2 amide bonds. The van der Waals surface area contributed by atoms with E-state index in [1.807, 2.05) is 22.6 Å². The number of aromatic nitrogens is 2. The van der Waals surface area contributed by atoms with Gasteiger partial charge in [0.05, 0.1) is 10.9 Å². The number of imidazole rings is 1. The van der Waals surface area contributed by atoms with E-state index < -0.39 is 0 Å². The average Bonchev–Trinajstić information content (AvgIpc) is 3.09. The van der Waals surface area contributed by atoms with Gasteiger partial charge in [0.1, 0.15) is 0 Å². The Morgan fingerprint density at radius 3 is 2.59 bits per heavy atom. The summed E-state index contributed by atoms with van der Waals surface area (Å²) in [4.78, 5) is 30.4. The highest BCUT2D eigenvalue weighted by Gasteiger charge is 2.29. The number of nitrogens with zero attached hydrogens (tertiary/aromatic N) is 3. The van der Waals surface area contributed by atoms with Gasteiger partial charge in [0.2, 0.25) is 11.8 Å². The Labute approximate surface area is 164 Å². The molecule has 1 aliphatic rings. The fourth-order valence-corrected chi connectivity index (χ4v) is 4.45. The monoisotopic (exact) mass is 386 g/mol. The predicted octanol–water partition coefficient (Wildman–Crippen LogP) is 2.69. The maximum Gasteiger partial charge on any atom is 0.235 e. The second-order valence-electron chi connectivity index (χ2n) is 7.13. The molecule has 2 aromatic rings. The SMILES string of the molecule is Cc1ccc(-n2ccnc2SC(C)C(=O)N2CCC(C(N)=O)CC2)c(C)c1. The zero-order chi connectivity index (χ0) is 19.6. The van der Waals surface area contributed by atoms with Crippen molar-refractivity contribution in [2.45, 2.75) is 44.0 Å². The lowest BCUT2D eigenvalue weighted by atomic mass is 9.96. The minimum Gasteiger partial charge on any atom is -0.369 e. The van der Waals surface area contributed by atoms with Crippen LogP contribution in [0.2, 0.25) is 0 Å². The maximum atomic E-state index is 12.8. The number of amides is 2. The largest absolute Gasteiger partial charge is 0.369 e. The number of thioether (sulfide) groups is 1. The lowest BCUT2D eigenvalue weighted by Gasteiger charge is -2.32. The van der Waals surface area contributed by atoms with E-state index in [1.165, 1.54) is 22.9 Å². The Balaban J connectivity index is 1.68. The van der Waals surface area contributed by atoms with Crippen LogP contribution in [0.4, 0.5) is 0 Å². The summed E-state index contributed by atoms with van der Waals surface area (Å²) in [7, 11) is 0. The van der Waals surface area contributed by atoms with E-state index in [1.54, 1.807) is 6.20 Å². The molecule has 0 spiro atoms. The van der Waals surface area contributed by atoms with Crippen LogP contribution in [0.3, 0.4) is 0 Å². The van der Waals surface area contributed by atoms with Crippen LogP contribution in [0.1, 0.15) is 30.9 Å². The van der Waals surface area contributed by atoms with Crippen molar-refractivity contribution in [2.75, 3.05) is 13.1 Å². The molecule has 1 aromatic carbocycles. The van der Waals surface area contributed by atoms with Crippen molar-refractivity contribution in [1.29, 1.82) is 0 Å². The second-order valence-corrected chi connectivity index (χ2v) is 8.44. The van der Waals surface area contributed by atoms with Crippen LogP contribution in [0.5, 0.6) is 0 Å². The summed E-state index contributed by atoms with van der Waals surface area (Å²) >= 11 is 1.46. The molecule has 2 heterocycles. The summed E-state index contributed by atoms with van der Waals surface area (Å²) in [5.41, 5.74) is 8.83. The van der Waals surface area contributed by atoms with Gasteiger partial charge in [-0.2, -0.15) is 0 Å². The maximum absolute atomic E-state index is 12.8. The molecule has 0 radical (unpaired) electrons. The van der Waals surface area contributed by atoms with Crippen LogP contribution in [0.15, 0.2) is 35.7 Å². The van der Waals surface area contributed by atoms with Gasteiger partial charge in [0.15, 0.2) is 5.16 Å². The summed E-state index contributed by atoms with van der Waals surface area (Å²) in [6.07, 6.45) is 4.98. The molecule has 2 N–H and O–H groups in total. The topological polar surface area (TPSA) is 81.2 Å². The Kier molecular flexibility index (Phi) is 5.89. The van der Waals surface area contributed by atoms with E-state index in [9.17, 15) is 9.59 Å². The number of piperidine rings is 1. The molecule has 0 bridgehead atoms. The zero-order valence-corrected chi connectivity index (χ0v) is 16.8. The zero-order valence-electron chi connectivity index (χ0n) is 16.0. The summed E-state index contributed by atoms with van der Waals surface area (Å²) in [6.45, 7) is 7.23. The molecule has 0 aliphatic carbocycles. The number of likely N-dealkylation sites (tertiary alicyclic amines) is 1. The number of nitrogens with two attached hydrogens (primary N) is 1. The van der Waals surface area contributed by atoms with Gasteiger partial charge in [-0.3, -0.25) is 14.2 Å². The van der Waals surface area contributed by atoms with Crippen molar-refractivity contribution < 1.29 is 9.59 Å². The summed E-state index contributed by atoms with van der Waals surface area (Å²) in [6, 6.07) is 6.30. The van der Waals surface area contributed by atoms with Crippen LogP contribution >= 0.6 is 11.8 Å². The first-order chi connectivity index (χ1) is 12.9. The molecule has 1 unspecified atom stereocenters. The van der Waals surface area contributed by atoms with E-state index in [4.69, 9.17) is 5.73 Å². The molecule has 3 rings (SSSR count). The lowest BCUT2D eigenvalue weighted by molar-refractivity contribution is -0.134. The number of carbonyl (C=O) groups is 2. The average molecular weight is 387 g/mol. The molecular weight excluding hydrogens is 360 g/mol. The Morgan fingerprint density at radius 1 is 1.26 bits per heavy atom. The van der Waals surface area contributed by atoms with Crippen LogP contribution in [-0.2, 0) is 9.59 Å². The molecule has 27 heavy (non-hydrogen) atoms. The Morgan fingerprint density at radius 2 is 1.96 bits per heavy atom. The first kappa shape index (κ1) is 19.5. The van der Waals surface area contributed by atoms with Gasteiger partial charge in [-0.15, -0.1) is 0 Å². The number of benzene rings is 1. The minimum atomic E-state index is -0.264. The summed E-state index contributed by atoms with van der Waals surface area (Å²) in [5, 5.41) is 0.553. The molecular formula is C20H26N4O2S. The molecule has 7 heteroatoms. The van der Waals surface area contributed by atoms with Crippen LogP contribution in [-0.4, -0.2) is 44.6 Å². The van der Waals surface area contributed by atoms with Crippen molar-refractivity contribution >= 4 is 23.6 Å². The first-order valence-electron chi connectivity index (χ1n) is 9.22. The van der Waals surface area contributed by atoms with Gasteiger partial charge >= 0.3 is 0 Å². The molecule has 0 saturated carbocycles. The molecule has 6 nitrogen and oxygen atoms in total. The third kappa shape index (κ3) is 4.35. The highest BCUT2D eigenvalue weighted by atomic mass is 32.2. The lowest BCUT2D eigenvalue weighted by Crippen LogP contribution is -2.44. The number of aryl methyl sites for hydroxylation is 2. The van der Waals surface area contributed by atoms with Crippen LogP contribution in [0, 0.1) is 19.8 Å². The first-order valence-corrected chi connectivity index (χ1v) is 10.1. The van der Waals surface area contributed by atoms with Gasteiger partial charge in [-0.05, 0) is 45.2 Å². The third-order valence-electron chi connectivity index (χ3n) is 5.06.